The summed E-state index contributed by atoms with van der Waals surface area (Å²) in [4.78, 5) is 9.68. The average Bonchev–Trinajstić information content (AvgIpc) is 2.14. The Morgan fingerprint density at radius 1 is 1.80 bits per heavy atom. The van der Waals surface area contributed by atoms with Crippen LogP contribution in [0.25, 0.3) is 0 Å². The van der Waals surface area contributed by atoms with Crippen LogP contribution in [0.4, 0.5) is 5.82 Å². The standard InChI is InChI=1S/C4H4IN3O2/c1-2-3(5)4(7-6-2)8(9)10/h1H3,(H,6,7). The number of H-pyrrole nitrogens is 1. The van der Waals surface area contributed by atoms with Gasteiger partial charge in [0.15, 0.2) is 0 Å². The highest BCUT2D eigenvalue weighted by atomic mass is 127. The molecule has 0 amide bonds. The largest absolute Gasteiger partial charge is 0.358 e. The Kier molecular flexibility index (Phi) is 1.88. The molecule has 0 aliphatic rings. The van der Waals surface area contributed by atoms with Crippen LogP contribution in [-0.2, 0) is 0 Å². The van der Waals surface area contributed by atoms with E-state index in [1.54, 1.807) is 6.92 Å². The predicted octanol–water partition coefficient (Wildman–Crippen LogP) is 1.23. The molecule has 0 radical (unpaired) electrons. The normalized spacial score (nSPS) is 9.80. The second-order valence-electron chi connectivity index (χ2n) is 1.73. The van der Waals surface area contributed by atoms with Gasteiger partial charge < -0.3 is 10.1 Å². The van der Waals surface area contributed by atoms with E-state index in [0.29, 0.717) is 9.26 Å². The fourth-order valence-electron chi connectivity index (χ4n) is 0.527. The first kappa shape index (κ1) is 7.45. The number of nitro groups is 1. The smallest absolute Gasteiger partial charge is 0.356 e. The van der Waals surface area contributed by atoms with Crippen molar-refractivity contribution >= 4 is 28.4 Å². The summed E-state index contributed by atoms with van der Waals surface area (Å²) in [5, 5.41) is 16.1. The number of aromatic nitrogens is 2. The van der Waals surface area contributed by atoms with Crippen LogP contribution in [0.15, 0.2) is 0 Å². The Morgan fingerprint density at radius 2 is 2.40 bits per heavy atom. The van der Waals surface area contributed by atoms with Gasteiger partial charge in [-0.3, -0.25) is 0 Å². The fraction of sp³-hybridized carbons (Fsp3) is 0.250. The summed E-state index contributed by atoms with van der Waals surface area (Å²) >= 11 is 1.88. The summed E-state index contributed by atoms with van der Waals surface area (Å²) in [6.45, 7) is 1.71. The summed E-state index contributed by atoms with van der Waals surface area (Å²) in [5.41, 5.74) is 0.660. The van der Waals surface area contributed by atoms with E-state index >= 15 is 0 Å². The predicted molar refractivity (Wildman–Crippen MR) is 42.7 cm³/mol. The number of nitrogens with one attached hydrogen (secondary N) is 1. The fourth-order valence-corrected chi connectivity index (χ4v) is 0.965. The first-order valence-electron chi connectivity index (χ1n) is 2.47. The highest BCUT2D eigenvalue weighted by molar-refractivity contribution is 14.1. The molecule has 0 bridgehead atoms. The first-order chi connectivity index (χ1) is 4.63. The molecular formula is C4H4IN3O2. The van der Waals surface area contributed by atoms with Crippen molar-refractivity contribution in [2.75, 3.05) is 0 Å². The lowest BCUT2D eigenvalue weighted by Gasteiger charge is -1.87. The Labute approximate surface area is 70.1 Å². The molecule has 0 saturated heterocycles. The van der Waals surface area contributed by atoms with Crippen LogP contribution in [0, 0.1) is 20.6 Å². The lowest BCUT2D eigenvalue weighted by atomic mass is 10.5. The molecule has 0 aliphatic carbocycles. The summed E-state index contributed by atoms with van der Waals surface area (Å²) in [6, 6.07) is 0. The molecule has 1 N–H and O–H groups in total. The quantitative estimate of drug-likeness (QED) is 0.464. The average molecular weight is 253 g/mol. The van der Waals surface area contributed by atoms with Crippen molar-refractivity contribution in [2.24, 2.45) is 0 Å². The zero-order chi connectivity index (χ0) is 7.72. The third-order valence-corrected chi connectivity index (χ3v) is 2.33. The molecule has 0 atom stereocenters. The molecule has 0 unspecified atom stereocenters. The van der Waals surface area contributed by atoms with Crippen LogP contribution in [0.2, 0.25) is 0 Å². The minimum absolute atomic E-state index is 0.0295. The van der Waals surface area contributed by atoms with E-state index in [-0.39, 0.29) is 5.82 Å². The van der Waals surface area contributed by atoms with Gasteiger partial charge in [0, 0.05) is 0 Å². The lowest BCUT2D eigenvalue weighted by Crippen LogP contribution is -1.89. The van der Waals surface area contributed by atoms with E-state index in [2.05, 4.69) is 10.2 Å². The zero-order valence-corrected chi connectivity index (χ0v) is 7.25. The molecule has 0 fully saturated rings. The second-order valence-corrected chi connectivity index (χ2v) is 2.81. The van der Waals surface area contributed by atoms with Crippen molar-refractivity contribution < 1.29 is 4.92 Å². The van der Waals surface area contributed by atoms with Gasteiger partial charge >= 0.3 is 5.82 Å². The molecule has 0 saturated carbocycles. The minimum Gasteiger partial charge on any atom is -0.358 e. The minimum atomic E-state index is -0.484. The number of hydrogen-bond donors (Lipinski definition) is 1. The van der Waals surface area contributed by atoms with Gasteiger partial charge in [-0.2, -0.15) is 0 Å². The lowest BCUT2D eigenvalue weighted by molar-refractivity contribution is -0.390. The number of hydrogen-bond acceptors (Lipinski definition) is 3. The van der Waals surface area contributed by atoms with Crippen molar-refractivity contribution in [1.82, 2.24) is 10.2 Å². The number of halogens is 1. The van der Waals surface area contributed by atoms with Crippen LogP contribution in [0.5, 0.6) is 0 Å². The molecule has 54 valence electrons. The van der Waals surface area contributed by atoms with Crippen LogP contribution in [0.3, 0.4) is 0 Å². The van der Waals surface area contributed by atoms with Crippen LogP contribution < -0.4 is 0 Å². The third-order valence-electron chi connectivity index (χ3n) is 1.04. The van der Waals surface area contributed by atoms with Gasteiger partial charge in [-0.1, -0.05) is 5.10 Å². The SMILES string of the molecule is Cc1n[nH]c([N+](=O)[O-])c1I. The van der Waals surface area contributed by atoms with E-state index in [0.717, 1.165) is 0 Å². The zero-order valence-electron chi connectivity index (χ0n) is 5.09. The van der Waals surface area contributed by atoms with Crippen molar-refractivity contribution in [3.63, 3.8) is 0 Å². The second kappa shape index (κ2) is 2.52. The molecule has 1 aromatic heterocycles. The van der Waals surface area contributed by atoms with E-state index in [1.807, 2.05) is 22.6 Å². The van der Waals surface area contributed by atoms with E-state index in [4.69, 9.17) is 0 Å². The van der Waals surface area contributed by atoms with Crippen molar-refractivity contribution in [1.29, 1.82) is 0 Å². The molecule has 0 aliphatic heterocycles. The van der Waals surface area contributed by atoms with Gasteiger partial charge in [0.05, 0.1) is 0 Å². The van der Waals surface area contributed by atoms with Crippen LogP contribution >= 0.6 is 22.6 Å². The van der Waals surface area contributed by atoms with Gasteiger partial charge in [-0.05, 0) is 34.4 Å². The maximum atomic E-state index is 10.2. The Morgan fingerprint density at radius 3 is 2.60 bits per heavy atom. The monoisotopic (exact) mass is 253 g/mol. The summed E-state index contributed by atoms with van der Waals surface area (Å²) in [5.74, 6) is -0.0295. The molecule has 6 heteroatoms. The first-order valence-corrected chi connectivity index (χ1v) is 3.55. The van der Waals surface area contributed by atoms with E-state index < -0.39 is 4.92 Å². The molecule has 0 aromatic carbocycles. The van der Waals surface area contributed by atoms with E-state index in [1.165, 1.54) is 0 Å². The number of rotatable bonds is 1. The highest BCUT2D eigenvalue weighted by Crippen LogP contribution is 2.19. The molecule has 10 heavy (non-hydrogen) atoms. The Hall–Kier alpha value is -0.660. The van der Waals surface area contributed by atoms with Gasteiger partial charge in [-0.15, -0.1) is 5.10 Å². The maximum absolute atomic E-state index is 10.2. The number of aryl methyl sites for hydroxylation is 1. The molecule has 1 aromatic rings. The van der Waals surface area contributed by atoms with Crippen LogP contribution in [0.1, 0.15) is 5.69 Å². The molecule has 1 heterocycles. The summed E-state index contributed by atoms with van der Waals surface area (Å²) in [6.07, 6.45) is 0. The summed E-state index contributed by atoms with van der Waals surface area (Å²) < 4.78 is 0.572. The molecule has 5 nitrogen and oxygen atoms in total. The maximum Gasteiger partial charge on any atom is 0.356 e. The Balaban J connectivity index is 3.17. The molecular weight excluding hydrogens is 249 g/mol. The Bertz CT molecular complexity index is 269. The topological polar surface area (TPSA) is 71.8 Å². The molecule has 0 spiro atoms. The van der Waals surface area contributed by atoms with Gasteiger partial charge in [0.1, 0.15) is 9.26 Å². The third kappa shape index (κ3) is 1.11. The van der Waals surface area contributed by atoms with Crippen molar-refractivity contribution in [3.05, 3.63) is 19.4 Å². The van der Waals surface area contributed by atoms with E-state index in [9.17, 15) is 10.1 Å². The van der Waals surface area contributed by atoms with Crippen molar-refractivity contribution in [3.8, 4) is 0 Å². The number of aromatic amines is 1. The van der Waals surface area contributed by atoms with Gasteiger partial charge in [0.2, 0.25) is 0 Å². The van der Waals surface area contributed by atoms with Gasteiger partial charge in [-0.25, -0.2) is 0 Å². The van der Waals surface area contributed by atoms with Crippen molar-refractivity contribution in [2.45, 2.75) is 6.92 Å². The highest BCUT2D eigenvalue weighted by Gasteiger charge is 2.15. The number of nitrogens with zero attached hydrogens (tertiary/aromatic N) is 2. The summed E-state index contributed by atoms with van der Waals surface area (Å²) in [7, 11) is 0. The van der Waals surface area contributed by atoms with Crippen LogP contribution in [-0.4, -0.2) is 15.1 Å². The molecule has 1 rings (SSSR count). The van der Waals surface area contributed by atoms with Gasteiger partial charge in [0.25, 0.3) is 0 Å².